The largest absolute Gasteiger partial charge is 0.433 e. The Hall–Kier alpha value is -0.696. The first-order chi connectivity index (χ1) is 8.70. The summed E-state index contributed by atoms with van der Waals surface area (Å²) < 4.78 is 20.7. The van der Waals surface area contributed by atoms with Crippen LogP contribution in [-0.2, 0) is 37.4 Å². The summed E-state index contributed by atoms with van der Waals surface area (Å²) in [7, 11) is 0. The Labute approximate surface area is 133 Å². The van der Waals surface area contributed by atoms with E-state index < -0.39 is 18.5 Å². The minimum atomic E-state index is -1.23. The topological polar surface area (TPSA) is 99.1 Å². The number of ether oxygens (including phenoxy) is 1. The maximum atomic E-state index is 13.8. The molecule has 3 atom stereocenters. The van der Waals surface area contributed by atoms with E-state index in [9.17, 15) is 4.39 Å². The van der Waals surface area contributed by atoms with Gasteiger partial charge in [-0.15, -0.1) is 0 Å². The number of nitrogens with zero attached hydrogens (tertiary/aromatic N) is 4. The van der Waals surface area contributed by atoms with E-state index in [1.165, 1.54) is 10.9 Å². The molecule has 0 aromatic carbocycles. The van der Waals surface area contributed by atoms with E-state index in [1.54, 1.807) is 0 Å². The fourth-order valence-corrected chi connectivity index (χ4v) is 2.07. The summed E-state index contributed by atoms with van der Waals surface area (Å²) in [5, 5.41) is 8.99. The molecule has 2 aromatic heterocycles. The molecular formula is C10H11FN5O2Y-. The molecule has 1 fully saturated rings. The van der Waals surface area contributed by atoms with Gasteiger partial charge in [-0.2, -0.15) is 0 Å². The van der Waals surface area contributed by atoms with E-state index in [-0.39, 0.29) is 51.6 Å². The third kappa shape index (κ3) is 2.49. The zero-order chi connectivity index (χ0) is 12.7. The standard InChI is InChI=1S/C10H11FN5O2.Y/c11-6-1-5(2-17)18-10(6)16-4-15-7-8(12)13-3-14-9(7)16;/h4-6,10,17H,1-2H2,(H2,12,13,14);/q-1;/t5-,6-,10+;/m0./s1. The summed E-state index contributed by atoms with van der Waals surface area (Å²) in [6.45, 7) is -0.215. The van der Waals surface area contributed by atoms with Crippen molar-refractivity contribution >= 4 is 17.0 Å². The molecule has 9 heteroatoms. The van der Waals surface area contributed by atoms with Gasteiger partial charge in [-0.25, -0.2) is 4.39 Å². The quantitative estimate of drug-likeness (QED) is 0.736. The predicted octanol–water partition coefficient (Wildman–Crippen LogP) is -0.176. The van der Waals surface area contributed by atoms with Crippen LogP contribution in [0, 0.1) is 6.33 Å². The summed E-state index contributed by atoms with van der Waals surface area (Å²) in [6, 6.07) is 0. The van der Waals surface area contributed by atoms with E-state index in [2.05, 4.69) is 21.3 Å². The molecule has 0 bridgehead atoms. The number of fused-ring (bicyclic) bond motifs is 1. The zero-order valence-corrected chi connectivity index (χ0v) is 12.7. The minimum Gasteiger partial charge on any atom is -0.433 e. The molecule has 0 saturated carbocycles. The molecule has 1 aliphatic heterocycles. The summed E-state index contributed by atoms with van der Waals surface area (Å²) >= 11 is 0. The summed E-state index contributed by atoms with van der Waals surface area (Å²) in [6.07, 6.45) is 1.34. The maximum Gasteiger partial charge on any atom is 0.158 e. The van der Waals surface area contributed by atoms with Crippen LogP contribution in [0.5, 0.6) is 0 Å². The minimum absolute atomic E-state index is 0. The van der Waals surface area contributed by atoms with Gasteiger partial charge in [0.05, 0.1) is 24.7 Å². The molecule has 99 valence electrons. The van der Waals surface area contributed by atoms with Gasteiger partial charge in [-0.3, -0.25) is 4.98 Å². The third-order valence-corrected chi connectivity index (χ3v) is 2.94. The molecule has 1 saturated heterocycles. The molecule has 19 heavy (non-hydrogen) atoms. The molecule has 0 unspecified atom stereocenters. The Balaban J connectivity index is 0.00000133. The number of aliphatic hydroxyl groups excluding tert-OH is 1. The molecular weight excluding hydrogens is 330 g/mol. The molecule has 0 aliphatic carbocycles. The predicted molar refractivity (Wildman–Crippen MR) is 59.1 cm³/mol. The van der Waals surface area contributed by atoms with E-state index in [4.69, 9.17) is 15.6 Å². The van der Waals surface area contributed by atoms with Gasteiger partial charge in [0.25, 0.3) is 0 Å². The second kappa shape index (κ2) is 5.74. The average Bonchev–Trinajstić information content (AvgIpc) is 2.93. The number of anilines is 1. The number of aromatic nitrogens is 4. The van der Waals surface area contributed by atoms with Crippen molar-refractivity contribution in [1.82, 2.24) is 19.5 Å². The fourth-order valence-electron chi connectivity index (χ4n) is 2.07. The molecule has 3 rings (SSSR count). The van der Waals surface area contributed by atoms with Crippen molar-refractivity contribution in [2.45, 2.75) is 24.9 Å². The smallest absolute Gasteiger partial charge is 0.158 e. The van der Waals surface area contributed by atoms with Crippen LogP contribution in [0.25, 0.3) is 11.2 Å². The van der Waals surface area contributed by atoms with Crippen molar-refractivity contribution in [3.63, 3.8) is 0 Å². The molecule has 1 aliphatic rings. The van der Waals surface area contributed by atoms with Gasteiger partial charge < -0.3 is 30.1 Å². The number of imidazole rings is 1. The van der Waals surface area contributed by atoms with Gasteiger partial charge in [0.1, 0.15) is 6.17 Å². The number of hydrogen-bond acceptors (Lipinski definition) is 6. The van der Waals surface area contributed by atoms with Crippen LogP contribution in [0.2, 0.25) is 0 Å². The van der Waals surface area contributed by atoms with E-state index in [1.807, 2.05) is 0 Å². The SMILES string of the molecule is Nc1n[c-]nc2c1ncn2[C@@H]1O[C@H](CO)C[C@@H]1F.[Y]. The van der Waals surface area contributed by atoms with Gasteiger partial charge in [0, 0.05) is 56.8 Å². The van der Waals surface area contributed by atoms with Gasteiger partial charge in [-0.05, 0) is 0 Å². The average molecular weight is 341 g/mol. The second-order valence-corrected chi connectivity index (χ2v) is 4.12. The van der Waals surface area contributed by atoms with Crippen LogP contribution in [0.4, 0.5) is 10.2 Å². The molecule has 3 heterocycles. The van der Waals surface area contributed by atoms with Crippen molar-refractivity contribution in [3.8, 4) is 0 Å². The van der Waals surface area contributed by atoms with Crippen LogP contribution in [0.1, 0.15) is 12.6 Å². The van der Waals surface area contributed by atoms with Gasteiger partial charge in [0.15, 0.2) is 6.23 Å². The molecule has 2 aromatic rings. The summed E-state index contributed by atoms with van der Waals surface area (Å²) in [5.74, 6) is 0.186. The number of nitrogen functional groups attached to an aromatic ring is 1. The monoisotopic (exact) mass is 341 g/mol. The number of alkyl halides is 1. The first kappa shape index (κ1) is 14.7. The van der Waals surface area contributed by atoms with E-state index >= 15 is 0 Å². The Morgan fingerprint density at radius 2 is 2.37 bits per heavy atom. The first-order valence-corrected chi connectivity index (χ1v) is 5.47. The summed E-state index contributed by atoms with van der Waals surface area (Å²) in [4.78, 5) is 11.6. The zero-order valence-electron chi connectivity index (χ0n) is 9.90. The van der Waals surface area contributed by atoms with Crippen molar-refractivity contribution in [2.24, 2.45) is 0 Å². The number of hydrogen-bond donors (Lipinski definition) is 2. The number of nitrogens with two attached hydrogens (primary N) is 1. The molecule has 0 amide bonds. The Morgan fingerprint density at radius 1 is 1.58 bits per heavy atom. The summed E-state index contributed by atoms with van der Waals surface area (Å²) in [5.41, 5.74) is 6.38. The Kier molecular flexibility index (Phi) is 4.44. The van der Waals surface area contributed by atoms with Crippen LogP contribution in [-0.4, -0.2) is 43.5 Å². The Morgan fingerprint density at radius 3 is 3.05 bits per heavy atom. The molecule has 1 radical (unpaired) electrons. The fraction of sp³-hybridized carbons (Fsp3) is 0.500. The number of aliphatic hydroxyl groups is 1. The van der Waals surface area contributed by atoms with Crippen LogP contribution in [0.3, 0.4) is 0 Å². The van der Waals surface area contributed by atoms with Crippen molar-refractivity contribution in [3.05, 3.63) is 12.7 Å². The first-order valence-electron chi connectivity index (χ1n) is 5.47. The van der Waals surface area contributed by atoms with E-state index in [0.29, 0.717) is 11.2 Å². The Bertz CT molecular complexity index is 580. The van der Waals surface area contributed by atoms with Gasteiger partial charge in [-0.1, -0.05) is 0 Å². The van der Waals surface area contributed by atoms with Crippen molar-refractivity contribution in [2.75, 3.05) is 12.3 Å². The third-order valence-electron chi connectivity index (χ3n) is 2.94. The van der Waals surface area contributed by atoms with Gasteiger partial charge in [0.2, 0.25) is 0 Å². The molecule has 7 nitrogen and oxygen atoms in total. The van der Waals surface area contributed by atoms with Gasteiger partial charge >= 0.3 is 0 Å². The molecule has 3 N–H and O–H groups in total. The molecule has 0 spiro atoms. The van der Waals surface area contributed by atoms with E-state index in [0.717, 1.165) is 0 Å². The normalized spacial score (nSPS) is 26.5. The van der Waals surface area contributed by atoms with Crippen LogP contribution >= 0.6 is 0 Å². The number of halogens is 1. The van der Waals surface area contributed by atoms with Crippen LogP contribution in [0.15, 0.2) is 6.33 Å². The maximum absolute atomic E-state index is 13.8. The van der Waals surface area contributed by atoms with Crippen molar-refractivity contribution < 1.29 is 46.9 Å². The number of rotatable bonds is 2. The van der Waals surface area contributed by atoms with Crippen LogP contribution < -0.4 is 5.73 Å². The second-order valence-electron chi connectivity index (χ2n) is 4.12. The van der Waals surface area contributed by atoms with Crippen molar-refractivity contribution in [1.29, 1.82) is 0 Å².